The first-order chi connectivity index (χ1) is 11.2. The molecule has 1 aliphatic carbocycles. The molecule has 1 heterocycles. The monoisotopic (exact) mass is 320 g/mol. The molecule has 2 N–H and O–H groups in total. The molecule has 1 saturated carbocycles. The summed E-state index contributed by atoms with van der Waals surface area (Å²) in [6.45, 7) is 8.29. The molecule has 1 aromatic heterocycles. The van der Waals surface area contributed by atoms with Gasteiger partial charge in [0.2, 0.25) is 5.89 Å². The molecular weight excluding hydrogens is 288 g/mol. The van der Waals surface area contributed by atoms with Crippen molar-refractivity contribution in [2.45, 2.75) is 72.3 Å². The lowest BCUT2D eigenvalue weighted by molar-refractivity contribution is 0.332. The van der Waals surface area contributed by atoms with Gasteiger partial charge in [0.05, 0.1) is 5.69 Å². The third kappa shape index (κ3) is 6.24. The van der Waals surface area contributed by atoms with Gasteiger partial charge in [0, 0.05) is 13.1 Å². The maximum atomic E-state index is 5.57. The number of hydrogen-bond acceptors (Lipinski definition) is 3. The number of aryl methyl sites for hydroxylation is 2. The molecule has 5 nitrogen and oxygen atoms in total. The van der Waals surface area contributed by atoms with Crippen LogP contribution in [0.5, 0.6) is 0 Å². The van der Waals surface area contributed by atoms with E-state index >= 15 is 0 Å². The van der Waals surface area contributed by atoms with E-state index in [9.17, 15) is 0 Å². The van der Waals surface area contributed by atoms with Crippen LogP contribution < -0.4 is 10.6 Å². The van der Waals surface area contributed by atoms with E-state index in [-0.39, 0.29) is 0 Å². The molecule has 5 heteroatoms. The topological polar surface area (TPSA) is 62.5 Å². The fraction of sp³-hybridized carbons (Fsp3) is 0.778. The zero-order valence-corrected chi connectivity index (χ0v) is 15.0. The lowest BCUT2D eigenvalue weighted by Crippen LogP contribution is -2.37. The van der Waals surface area contributed by atoms with Crippen LogP contribution in [0.25, 0.3) is 0 Å². The van der Waals surface area contributed by atoms with Crippen molar-refractivity contribution in [2.75, 3.05) is 13.1 Å². The van der Waals surface area contributed by atoms with Gasteiger partial charge in [-0.2, -0.15) is 0 Å². The highest BCUT2D eigenvalue weighted by Gasteiger charge is 2.12. The fourth-order valence-electron chi connectivity index (χ4n) is 3.17. The quantitative estimate of drug-likeness (QED) is 0.457. The summed E-state index contributed by atoms with van der Waals surface area (Å²) in [6, 6.07) is 0. The maximum Gasteiger partial charge on any atom is 0.216 e. The Morgan fingerprint density at radius 2 is 2.00 bits per heavy atom. The van der Waals surface area contributed by atoms with Crippen LogP contribution in [0.2, 0.25) is 0 Å². The van der Waals surface area contributed by atoms with Crippen molar-refractivity contribution in [1.82, 2.24) is 15.6 Å². The van der Waals surface area contributed by atoms with Crippen molar-refractivity contribution in [3.05, 3.63) is 17.3 Å². The normalized spacial score (nSPS) is 16.6. The fourth-order valence-corrected chi connectivity index (χ4v) is 3.17. The van der Waals surface area contributed by atoms with Crippen molar-refractivity contribution in [1.29, 1.82) is 0 Å². The van der Waals surface area contributed by atoms with Crippen LogP contribution in [0.1, 0.15) is 69.2 Å². The van der Waals surface area contributed by atoms with Crippen LogP contribution in [-0.2, 0) is 6.54 Å². The largest absolute Gasteiger partial charge is 0.444 e. The Hall–Kier alpha value is -1.52. The Labute approximate surface area is 140 Å². The Morgan fingerprint density at radius 1 is 1.22 bits per heavy atom. The summed E-state index contributed by atoms with van der Waals surface area (Å²) in [4.78, 5) is 8.93. The molecule has 2 rings (SSSR count). The number of aromatic nitrogens is 1. The lowest BCUT2D eigenvalue weighted by Gasteiger charge is -2.21. The Bertz CT molecular complexity index is 470. The van der Waals surface area contributed by atoms with E-state index in [0.29, 0.717) is 12.4 Å². The third-order valence-corrected chi connectivity index (χ3v) is 4.60. The minimum Gasteiger partial charge on any atom is -0.444 e. The van der Waals surface area contributed by atoms with Gasteiger partial charge in [-0.15, -0.1) is 0 Å². The van der Waals surface area contributed by atoms with Gasteiger partial charge in [0.1, 0.15) is 12.3 Å². The molecule has 0 saturated heterocycles. The SMILES string of the molecule is CCNC(=NCc1nc(C)c(C)o1)NCCCC1CCCCC1. The molecule has 0 amide bonds. The van der Waals surface area contributed by atoms with Crippen LogP contribution in [-0.4, -0.2) is 24.0 Å². The smallest absolute Gasteiger partial charge is 0.216 e. The minimum atomic E-state index is 0.479. The first kappa shape index (κ1) is 17.8. The molecule has 0 unspecified atom stereocenters. The number of nitrogens with one attached hydrogen (secondary N) is 2. The zero-order chi connectivity index (χ0) is 16.5. The summed E-state index contributed by atoms with van der Waals surface area (Å²) in [5.41, 5.74) is 0.945. The minimum absolute atomic E-state index is 0.479. The number of hydrogen-bond donors (Lipinski definition) is 2. The van der Waals surface area contributed by atoms with Crippen LogP contribution in [0.4, 0.5) is 0 Å². The molecule has 1 fully saturated rings. The second-order valence-electron chi connectivity index (χ2n) is 6.52. The highest BCUT2D eigenvalue weighted by molar-refractivity contribution is 5.79. The van der Waals surface area contributed by atoms with Crippen LogP contribution in [0.15, 0.2) is 9.41 Å². The molecule has 0 aliphatic heterocycles. The zero-order valence-electron chi connectivity index (χ0n) is 15.0. The standard InChI is InChI=1S/C18H32N4O/c1-4-19-18(21-13-17-22-14(2)15(3)23-17)20-12-8-11-16-9-6-5-7-10-16/h16H,4-13H2,1-3H3,(H2,19,20,21). The molecule has 1 aliphatic rings. The lowest BCUT2D eigenvalue weighted by atomic mass is 9.86. The average molecular weight is 320 g/mol. The van der Waals surface area contributed by atoms with E-state index in [1.54, 1.807) is 0 Å². The predicted molar refractivity (Wildman–Crippen MR) is 94.6 cm³/mol. The molecule has 23 heavy (non-hydrogen) atoms. The second-order valence-corrected chi connectivity index (χ2v) is 6.52. The molecule has 130 valence electrons. The van der Waals surface area contributed by atoms with Crippen molar-refractivity contribution in [3.8, 4) is 0 Å². The number of guanidine groups is 1. The summed E-state index contributed by atoms with van der Waals surface area (Å²) in [6.07, 6.45) is 9.70. The van der Waals surface area contributed by atoms with E-state index in [1.807, 2.05) is 13.8 Å². The number of rotatable bonds is 7. The molecule has 0 bridgehead atoms. The summed E-state index contributed by atoms with van der Waals surface area (Å²) >= 11 is 0. The Kier molecular flexibility index (Phi) is 7.43. The molecule has 0 aromatic carbocycles. The van der Waals surface area contributed by atoms with Crippen molar-refractivity contribution < 1.29 is 4.42 Å². The van der Waals surface area contributed by atoms with Gasteiger partial charge in [-0.05, 0) is 39.5 Å². The van der Waals surface area contributed by atoms with Crippen molar-refractivity contribution in [3.63, 3.8) is 0 Å². The predicted octanol–water partition coefficient (Wildman–Crippen LogP) is 3.71. The van der Waals surface area contributed by atoms with Gasteiger partial charge in [0.25, 0.3) is 0 Å². The summed E-state index contributed by atoms with van der Waals surface area (Å²) in [5.74, 6) is 3.35. The highest BCUT2D eigenvalue weighted by Crippen LogP contribution is 2.26. The van der Waals surface area contributed by atoms with Gasteiger partial charge < -0.3 is 15.1 Å². The van der Waals surface area contributed by atoms with Crippen LogP contribution in [0.3, 0.4) is 0 Å². The molecule has 1 aromatic rings. The van der Waals surface area contributed by atoms with Crippen LogP contribution >= 0.6 is 0 Å². The number of oxazole rings is 1. The molecular formula is C18H32N4O. The van der Waals surface area contributed by atoms with E-state index in [0.717, 1.165) is 36.4 Å². The van der Waals surface area contributed by atoms with Crippen molar-refractivity contribution in [2.24, 2.45) is 10.9 Å². The first-order valence-corrected chi connectivity index (χ1v) is 9.14. The van der Waals surface area contributed by atoms with Gasteiger partial charge in [-0.3, -0.25) is 0 Å². The van der Waals surface area contributed by atoms with E-state index in [4.69, 9.17) is 4.42 Å². The average Bonchev–Trinajstić information content (AvgIpc) is 2.88. The highest BCUT2D eigenvalue weighted by atomic mass is 16.4. The van der Waals surface area contributed by atoms with Gasteiger partial charge in [-0.25, -0.2) is 9.98 Å². The van der Waals surface area contributed by atoms with Crippen LogP contribution in [0, 0.1) is 19.8 Å². The van der Waals surface area contributed by atoms with Gasteiger partial charge in [0.15, 0.2) is 5.96 Å². The Balaban J connectivity index is 1.72. The van der Waals surface area contributed by atoms with E-state index in [2.05, 4.69) is 27.5 Å². The summed E-state index contributed by atoms with van der Waals surface area (Å²) in [7, 11) is 0. The maximum absolute atomic E-state index is 5.57. The second kappa shape index (κ2) is 9.58. The summed E-state index contributed by atoms with van der Waals surface area (Å²) < 4.78 is 5.57. The third-order valence-electron chi connectivity index (χ3n) is 4.60. The van der Waals surface area contributed by atoms with Gasteiger partial charge in [-0.1, -0.05) is 32.1 Å². The van der Waals surface area contributed by atoms with E-state index < -0.39 is 0 Å². The molecule has 0 radical (unpaired) electrons. The van der Waals surface area contributed by atoms with E-state index in [1.165, 1.54) is 44.9 Å². The molecule has 0 atom stereocenters. The van der Waals surface area contributed by atoms with Gasteiger partial charge >= 0.3 is 0 Å². The van der Waals surface area contributed by atoms with Crippen molar-refractivity contribution >= 4 is 5.96 Å². The number of aliphatic imine (C=N–C) groups is 1. The first-order valence-electron chi connectivity index (χ1n) is 9.14. The Morgan fingerprint density at radius 3 is 2.65 bits per heavy atom. The summed E-state index contributed by atoms with van der Waals surface area (Å²) in [5, 5.41) is 6.70. The number of nitrogens with zero attached hydrogens (tertiary/aromatic N) is 2. The molecule has 0 spiro atoms.